The second kappa shape index (κ2) is 27.5. The minimum absolute atomic E-state index is 0.518. The molecular weight excluding hydrogens is 993 g/mol. The molecule has 0 radical (unpaired) electrons. The van der Waals surface area contributed by atoms with Gasteiger partial charge in [0.1, 0.15) is 48.3 Å². The number of nitrogens with two attached hydrogens (primary N) is 1. The van der Waals surface area contributed by atoms with E-state index in [1.807, 2.05) is 0 Å². The molecule has 396 valence electrons. The van der Waals surface area contributed by atoms with E-state index in [0.717, 1.165) is 55.4 Å². The highest BCUT2D eigenvalue weighted by Gasteiger charge is 2.39. The van der Waals surface area contributed by atoms with E-state index in [2.05, 4.69) is 61.4 Å². The molecule has 0 saturated heterocycles. The second-order valence-electron chi connectivity index (χ2n) is 15.6. The van der Waals surface area contributed by atoms with Gasteiger partial charge in [-0.25, -0.2) is 13.7 Å². The average Bonchev–Trinajstić information content (AvgIpc) is 3.17. The Morgan fingerprint density at radius 3 is 0.739 bits per heavy atom. The third-order valence-electron chi connectivity index (χ3n) is 9.20. The Kier molecular flexibility index (Phi) is 25.6. The molecule has 0 bridgehead atoms. The van der Waals surface area contributed by atoms with Crippen LogP contribution >= 0.6 is 23.5 Å². The van der Waals surface area contributed by atoms with Gasteiger partial charge in [-0.3, -0.25) is 61.5 Å². The van der Waals surface area contributed by atoms with Crippen LogP contribution in [0.25, 0.3) is 0 Å². The molecule has 17 N–H and O–H groups in total. The minimum atomic E-state index is -5.38. The molecule has 0 aliphatic carbocycles. The molecule has 0 heterocycles. The lowest BCUT2D eigenvalue weighted by Crippen LogP contribution is -2.62. The molecule has 0 fully saturated rings. The lowest BCUT2D eigenvalue weighted by atomic mass is 10.1. The third kappa shape index (κ3) is 24.5. The lowest BCUT2D eigenvalue weighted by Gasteiger charge is -2.29. The first-order chi connectivity index (χ1) is 31.2. The zero-order chi connectivity index (χ0) is 54.3. The van der Waals surface area contributed by atoms with Crippen LogP contribution in [0.2, 0.25) is 0 Å². The second-order valence-corrected chi connectivity index (χ2v) is 19.2. The summed E-state index contributed by atoms with van der Waals surface area (Å²) < 4.78 is 48.3. The Hall–Kier alpha value is -4.81. The summed E-state index contributed by atoms with van der Waals surface area (Å²) in [5.41, 5.74) is 5.47. The van der Waals surface area contributed by atoms with E-state index >= 15 is 0 Å². The Morgan fingerprint density at radius 2 is 0.536 bits per heavy atom. The first-order valence-electron chi connectivity index (χ1n) is 20.4. The van der Waals surface area contributed by atoms with Crippen molar-refractivity contribution in [3.63, 3.8) is 0 Å². The third-order valence-corrected chi connectivity index (χ3v) is 11.0. The average molecular weight is 1060 g/mol. The van der Waals surface area contributed by atoms with E-state index in [-0.39, 0.29) is 0 Å². The highest BCUT2D eigenvalue weighted by Crippen LogP contribution is 2.39. The number of carbonyl (C=O) groups is 10. The van der Waals surface area contributed by atoms with Crippen molar-refractivity contribution in [2.45, 2.75) is 155 Å². The fourth-order valence-electron chi connectivity index (χ4n) is 5.22. The summed E-state index contributed by atoms with van der Waals surface area (Å²) in [6, 6.07) is -15.7. The van der Waals surface area contributed by atoms with Gasteiger partial charge in [0, 0.05) is 0 Å². The van der Waals surface area contributed by atoms with Gasteiger partial charge in [-0.1, -0.05) is 0 Å². The summed E-state index contributed by atoms with van der Waals surface area (Å²) >= 11 is 0. The van der Waals surface area contributed by atoms with Gasteiger partial charge in [-0.05, 0) is 76.2 Å². The maximum atomic E-state index is 13.5. The van der Waals surface area contributed by atoms with Gasteiger partial charge in [0.25, 0.3) is 0 Å². The SMILES string of the molecule is CC(=O)[C@H](C)NC(=O)[C@@H](NC(=O)[C@H](C)NC(=O)[C@H](C)NC(=O)[C@@H](NC(=O)[C@H](C)NC(=O)[C@H](C)NC(=O)[C@@H](NC(=O)[C@H](C)NC(=O)[C@H](C)N)[C@@H](C)OP(=O)(O)O)[C@@H](C)OP(=O)(O)O)[C@@H](C)OP(=O)(O)O. The van der Waals surface area contributed by atoms with E-state index in [1.165, 1.54) is 20.8 Å². The number of carbonyl (C=O) groups excluding carboxylic acids is 10. The summed E-state index contributed by atoms with van der Waals surface area (Å²) in [5, 5.41) is 19.5. The summed E-state index contributed by atoms with van der Waals surface area (Å²) in [7, 11) is -15.9. The largest absolute Gasteiger partial charge is 0.469 e. The normalized spacial score (nSPS) is 17.6. The molecule has 0 spiro atoms. The van der Waals surface area contributed by atoms with E-state index < -0.39 is 161 Å². The van der Waals surface area contributed by atoms with Crippen LogP contribution in [0.1, 0.15) is 76.2 Å². The molecule has 0 aromatic carbocycles. The molecule has 0 aliphatic heterocycles. The van der Waals surface area contributed by atoms with E-state index in [1.54, 1.807) is 0 Å². The fraction of sp³-hybridized carbons (Fsp3) is 0.706. The predicted molar refractivity (Wildman–Crippen MR) is 234 cm³/mol. The predicted octanol–water partition coefficient (Wildman–Crippen LogP) is -6.10. The van der Waals surface area contributed by atoms with Crippen molar-refractivity contribution in [2.75, 3.05) is 0 Å². The standard InChI is InChI=1S/C34H63N10O22P3/c1-12(35)26(46)37-16(5)29(49)43-24(21(10)65-68(58,59)60)33(53)40-14(3)28(48)39-18(7)31(51)44-25(22(11)66-69(61,62)63)34(54)41-15(4)27(47)38-17(6)30(50)42-23(20(9)64-67(55,56)57)32(52)36-13(2)19(8)45/h12-18,20-25H,35H2,1-11H3,(H,36,52)(H,37,46)(H,38,47)(H,39,48)(H,40,53)(H,41,54)(H,42,50)(H,43,49)(H,44,51)(H2,55,56,57)(H2,58,59,60)(H2,61,62,63)/t12-,13-,14-,15-,16-,17-,18-,20+,21+,22+,23-,24-,25-/m0/s1. The summed E-state index contributed by atoms with van der Waals surface area (Å²) in [6.45, 7) is 12.2. The van der Waals surface area contributed by atoms with Crippen molar-refractivity contribution >= 4 is 82.4 Å². The first kappa shape index (κ1) is 64.2. The van der Waals surface area contributed by atoms with Crippen LogP contribution in [-0.2, 0) is 75.2 Å². The van der Waals surface area contributed by atoms with Crippen LogP contribution in [0, 0.1) is 0 Å². The monoisotopic (exact) mass is 1060 g/mol. The van der Waals surface area contributed by atoms with Crippen molar-refractivity contribution in [2.24, 2.45) is 5.73 Å². The molecule has 32 nitrogen and oxygen atoms in total. The number of rotatable bonds is 28. The molecule has 0 rings (SSSR count). The number of Topliss-reactive ketones (excluding diaryl/α,β-unsaturated/α-hetero) is 1. The van der Waals surface area contributed by atoms with Crippen molar-refractivity contribution in [3.05, 3.63) is 0 Å². The maximum absolute atomic E-state index is 13.5. The maximum Gasteiger partial charge on any atom is 0.469 e. The van der Waals surface area contributed by atoms with E-state index in [0.29, 0.717) is 0 Å². The lowest BCUT2D eigenvalue weighted by molar-refractivity contribution is -0.137. The Morgan fingerprint density at radius 1 is 0.348 bits per heavy atom. The Bertz CT molecular complexity index is 2050. The topological polar surface area (TPSA) is 505 Å². The molecule has 13 atom stereocenters. The Labute approximate surface area is 394 Å². The van der Waals surface area contributed by atoms with Gasteiger partial charge in [0.2, 0.25) is 53.2 Å². The van der Waals surface area contributed by atoms with Crippen molar-refractivity contribution in [3.8, 4) is 0 Å². The van der Waals surface area contributed by atoms with Crippen LogP contribution in [0.5, 0.6) is 0 Å². The van der Waals surface area contributed by atoms with Crippen LogP contribution in [0.15, 0.2) is 0 Å². The number of hydrogen-bond acceptors (Lipinski definition) is 17. The first-order valence-corrected chi connectivity index (χ1v) is 25.0. The minimum Gasteiger partial charge on any atom is -0.345 e. The van der Waals surface area contributed by atoms with Gasteiger partial charge < -0.3 is 82.9 Å². The van der Waals surface area contributed by atoms with Crippen molar-refractivity contribution in [1.82, 2.24) is 47.9 Å². The van der Waals surface area contributed by atoms with Crippen LogP contribution < -0.4 is 53.6 Å². The fourth-order valence-corrected chi connectivity index (χ4v) is 6.88. The molecule has 0 aromatic heterocycles. The highest BCUT2D eigenvalue weighted by molar-refractivity contribution is 7.46. The zero-order valence-electron chi connectivity index (χ0n) is 39.1. The highest BCUT2D eigenvalue weighted by atomic mass is 31.2. The Balaban J connectivity index is 6.11. The van der Waals surface area contributed by atoms with Gasteiger partial charge in [-0.2, -0.15) is 0 Å². The van der Waals surface area contributed by atoms with Crippen molar-refractivity contribution in [1.29, 1.82) is 0 Å². The molecule has 0 unspecified atom stereocenters. The molecular formula is C34H63N10O22P3. The van der Waals surface area contributed by atoms with Crippen LogP contribution in [0.3, 0.4) is 0 Å². The number of hydrogen-bond donors (Lipinski definition) is 16. The zero-order valence-corrected chi connectivity index (χ0v) is 41.8. The molecule has 0 aliphatic rings. The van der Waals surface area contributed by atoms with Gasteiger partial charge in [0.05, 0.1) is 30.4 Å². The summed E-state index contributed by atoms with van der Waals surface area (Å²) in [5.74, 6) is -10.6. The molecule has 35 heteroatoms. The molecule has 0 saturated carbocycles. The number of amides is 9. The number of phosphoric acid groups is 3. The van der Waals surface area contributed by atoms with Gasteiger partial charge >= 0.3 is 23.5 Å². The van der Waals surface area contributed by atoms with Gasteiger partial charge in [0.15, 0.2) is 5.78 Å². The smallest absolute Gasteiger partial charge is 0.345 e. The van der Waals surface area contributed by atoms with E-state index in [4.69, 9.17) is 5.73 Å². The van der Waals surface area contributed by atoms with Crippen LogP contribution in [0.4, 0.5) is 0 Å². The number of phosphoric ester groups is 3. The summed E-state index contributed by atoms with van der Waals surface area (Å²) in [4.78, 5) is 185. The van der Waals surface area contributed by atoms with Crippen LogP contribution in [-0.4, -0.2) is 167 Å². The van der Waals surface area contributed by atoms with Gasteiger partial charge in [-0.15, -0.1) is 0 Å². The summed E-state index contributed by atoms with van der Waals surface area (Å²) in [6.07, 6.45) is -5.34. The quantitative estimate of drug-likeness (QED) is 0.0324. The number of ketones is 1. The number of nitrogens with one attached hydrogen (secondary N) is 9. The molecule has 0 aromatic rings. The molecule has 69 heavy (non-hydrogen) atoms. The van der Waals surface area contributed by atoms with E-state index in [9.17, 15) is 91.0 Å². The molecule has 9 amide bonds. The van der Waals surface area contributed by atoms with Crippen molar-refractivity contribution < 1.29 is 105 Å².